The van der Waals surface area contributed by atoms with Gasteiger partial charge < -0.3 is 5.11 Å². The summed E-state index contributed by atoms with van der Waals surface area (Å²) >= 11 is 0. The minimum absolute atomic E-state index is 0.0241. The van der Waals surface area contributed by atoms with Crippen LogP contribution in [0.1, 0.15) is 11.3 Å². The molecule has 1 N–H and O–H groups in total. The Labute approximate surface area is 102 Å². The van der Waals surface area contributed by atoms with Crippen molar-refractivity contribution in [3.05, 3.63) is 53.9 Å². The summed E-state index contributed by atoms with van der Waals surface area (Å²) in [7, 11) is 0. The van der Waals surface area contributed by atoms with Gasteiger partial charge >= 0.3 is 6.18 Å². The molecule has 0 aliphatic rings. The van der Waals surface area contributed by atoms with Gasteiger partial charge in [-0.1, -0.05) is 30.3 Å². The van der Waals surface area contributed by atoms with E-state index in [2.05, 4.69) is 4.98 Å². The van der Waals surface area contributed by atoms with Crippen LogP contribution in [0.3, 0.4) is 0 Å². The second-order valence-corrected chi connectivity index (χ2v) is 3.70. The maximum absolute atomic E-state index is 12.9. The number of nitrogens with zero attached hydrogens (tertiary/aromatic N) is 1. The smallest absolute Gasteiger partial charge is 0.390 e. The second kappa shape index (κ2) is 4.78. The van der Waals surface area contributed by atoms with Crippen molar-refractivity contribution in [1.82, 2.24) is 4.98 Å². The zero-order chi connectivity index (χ0) is 13.2. The van der Waals surface area contributed by atoms with E-state index in [0.29, 0.717) is 5.56 Å². The summed E-state index contributed by atoms with van der Waals surface area (Å²) in [4.78, 5) is 3.80. The summed E-state index contributed by atoms with van der Waals surface area (Å²) in [5, 5.41) is 9.14. The van der Waals surface area contributed by atoms with Gasteiger partial charge in [-0.05, 0) is 11.6 Å². The summed E-state index contributed by atoms with van der Waals surface area (Å²) in [5.41, 5.74) is -0.432. The van der Waals surface area contributed by atoms with Gasteiger partial charge in [0.2, 0.25) is 0 Å². The van der Waals surface area contributed by atoms with Crippen LogP contribution in [-0.4, -0.2) is 10.1 Å². The van der Waals surface area contributed by atoms with Crippen molar-refractivity contribution >= 4 is 0 Å². The molecule has 1 aromatic heterocycles. The van der Waals surface area contributed by atoms with E-state index in [1.807, 2.05) is 0 Å². The Balaban J connectivity index is 2.70. The maximum atomic E-state index is 12.9. The molecule has 0 unspecified atom stereocenters. The molecule has 2 nitrogen and oxygen atoms in total. The SMILES string of the molecule is OCc1nccc(C(F)(F)F)c1-c1ccccc1. The number of alkyl halides is 3. The van der Waals surface area contributed by atoms with E-state index in [1.165, 1.54) is 0 Å². The Bertz CT molecular complexity index is 538. The van der Waals surface area contributed by atoms with Crippen molar-refractivity contribution in [2.24, 2.45) is 0 Å². The molecule has 0 amide bonds. The lowest BCUT2D eigenvalue weighted by Crippen LogP contribution is -2.10. The molecule has 0 saturated carbocycles. The molecule has 0 fully saturated rings. The predicted molar refractivity (Wildman–Crippen MR) is 60.6 cm³/mol. The van der Waals surface area contributed by atoms with Crippen molar-refractivity contribution in [3.63, 3.8) is 0 Å². The predicted octanol–water partition coefficient (Wildman–Crippen LogP) is 3.26. The van der Waals surface area contributed by atoms with E-state index < -0.39 is 18.3 Å². The molecule has 0 aliphatic carbocycles. The van der Waals surface area contributed by atoms with Gasteiger partial charge in [-0.2, -0.15) is 13.2 Å². The molecule has 0 spiro atoms. The summed E-state index contributed by atoms with van der Waals surface area (Å²) in [6, 6.07) is 9.04. The highest BCUT2D eigenvalue weighted by Gasteiger charge is 2.34. The number of aliphatic hydroxyl groups is 1. The maximum Gasteiger partial charge on any atom is 0.417 e. The van der Waals surface area contributed by atoms with Gasteiger partial charge in [0.05, 0.1) is 17.9 Å². The fraction of sp³-hybridized carbons (Fsp3) is 0.154. The third-order valence-electron chi connectivity index (χ3n) is 2.55. The first kappa shape index (κ1) is 12.6. The molecular formula is C13H10F3NO. The van der Waals surface area contributed by atoms with Gasteiger partial charge in [-0.15, -0.1) is 0 Å². The number of pyridine rings is 1. The average molecular weight is 253 g/mol. The summed E-state index contributed by atoms with van der Waals surface area (Å²) in [5.74, 6) is 0. The van der Waals surface area contributed by atoms with E-state index >= 15 is 0 Å². The van der Waals surface area contributed by atoms with E-state index in [0.717, 1.165) is 12.3 Å². The number of rotatable bonds is 2. The Morgan fingerprint density at radius 2 is 1.72 bits per heavy atom. The Hall–Kier alpha value is -1.88. The van der Waals surface area contributed by atoms with Gasteiger partial charge in [-0.3, -0.25) is 4.98 Å². The van der Waals surface area contributed by atoms with Gasteiger partial charge in [-0.25, -0.2) is 0 Å². The largest absolute Gasteiger partial charge is 0.417 e. The minimum Gasteiger partial charge on any atom is -0.390 e. The first-order chi connectivity index (χ1) is 8.54. The number of aromatic nitrogens is 1. The quantitative estimate of drug-likeness (QED) is 0.891. The Morgan fingerprint density at radius 3 is 2.28 bits per heavy atom. The molecule has 0 aliphatic heterocycles. The van der Waals surface area contributed by atoms with Crippen LogP contribution in [0.2, 0.25) is 0 Å². The van der Waals surface area contributed by atoms with Gasteiger partial charge in [0.1, 0.15) is 0 Å². The molecule has 18 heavy (non-hydrogen) atoms. The number of halogens is 3. The standard InChI is InChI=1S/C13H10F3NO/c14-13(15,16)10-6-7-17-11(8-18)12(10)9-4-2-1-3-5-9/h1-7,18H,8H2. The number of benzene rings is 1. The van der Waals surface area contributed by atoms with Crippen molar-refractivity contribution < 1.29 is 18.3 Å². The van der Waals surface area contributed by atoms with Gasteiger partial charge in [0.15, 0.2) is 0 Å². The van der Waals surface area contributed by atoms with Crippen LogP contribution in [0, 0.1) is 0 Å². The fourth-order valence-electron chi connectivity index (χ4n) is 1.79. The van der Waals surface area contributed by atoms with Crippen LogP contribution in [-0.2, 0) is 12.8 Å². The van der Waals surface area contributed by atoms with Crippen LogP contribution < -0.4 is 0 Å². The zero-order valence-electron chi connectivity index (χ0n) is 9.28. The topological polar surface area (TPSA) is 33.1 Å². The molecule has 94 valence electrons. The normalized spacial score (nSPS) is 11.6. The number of hydrogen-bond donors (Lipinski definition) is 1. The lowest BCUT2D eigenvalue weighted by Gasteiger charge is -2.15. The minimum atomic E-state index is -4.47. The van der Waals surface area contributed by atoms with Crippen LogP contribution in [0.4, 0.5) is 13.2 Å². The molecular weight excluding hydrogens is 243 g/mol. The summed E-state index contributed by atoms with van der Waals surface area (Å²) in [6.45, 7) is -0.534. The lowest BCUT2D eigenvalue weighted by molar-refractivity contribution is -0.137. The van der Waals surface area contributed by atoms with E-state index in [9.17, 15) is 13.2 Å². The lowest BCUT2D eigenvalue weighted by atomic mass is 9.98. The van der Waals surface area contributed by atoms with Crippen LogP contribution >= 0.6 is 0 Å². The Kier molecular flexibility index (Phi) is 3.34. The molecule has 2 rings (SSSR count). The summed E-state index contributed by atoms with van der Waals surface area (Å²) in [6.07, 6.45) is -3.42. The van der Waals surface area contributed by atoms with Gasteiger partial charge in [0.25, 0.3) is 0 Å². The molecule has 1 aromatic carbocycles. The van der Waals surface area contributed by atoms with Crippen LogP contribution in [0.5, 0.6) is 0 Å². The monoisotopic (exact) mass is 253 g/mol. The first-order valence-corrected chi connectivity index (χ1v) is 5.25. The van der Waals surface area contributed by atoms with E-state index in [4.69, 9.17) is 5.11 Å². The van der Waals surface area contributed by atoms with Crippen molar-refractivity contribution in [3.8, 4) is 11.1 Å². The van der Waals surface area contributed by atoms with Crippen LogP contribution in [0.15, 0.2) is 42.6 Å². The molecule has 0 radical (unpaired) electrons. The zero-order valence-corrected chi connectivity index (χ0v) is 9.28. The molecule has 5 heteroatoms. The first-order valence-electron chi connectivity index (χ1n) is 5.25. The van der Waals surface area contributed by atoms with Crippen LogP contribution in [0.25, 0.3) is 11.1 Å². The van der Waals surface area contributed by atoms with E-state index in [-0.39, 0.29) is 11.3 Å². The van der Waals surface area contributed by atoms with Crippen molar-refractivity contribution in [1.29, 1.82) is 0 Å². The van der Waals surface area contributed by atoms with E-state index in [1.54, 1.807) is 30.3 Å². The van der Waals surface area contributed by atoms with Gasteiger partial charge in [0, 0.05) is 11.8 Å². The third kappa shape index (κ3) is 2.36. The summed E-state index contributed by atoms with van der Waals surface area (Å²) < 4.78 is 38.8. The molecule has 0 bridgehead atoms. The molecule has 0 atom stereocenters. The molecule has 1 heterocycles. The van der Waals surface area contributed by atoms with Crippen molar-refractivity contribution in [2.45, 2.75) is 12.8 Å². The molecule has 2 aromatic rings. The number of hydrogen-bond acceptors (Lipinski definition) is 2. The Morgan fingerprint density at radius 1 is 1.06 bits per heavy atom. The molecule has 0 saturated heterocycles. The fourth-order valence-corrected chi connectivity index (χ4v) is 1.79. The third-order valence-corrected chi connectivity index (χ3v) is 2.55. The second-order valence-electron chi connectivity index (χ2n) is 3.70. The highest BCUT2D eigenvalue weighted by Crippen LogP contribution is 2.38. The highest BCUT2D eigenvalue weighted by molar-refractivity contribution is 5.70. The highest BCUT2D eigenvalue weighted by atomic mass is 19.4. The van der Waals surface area contributed by atoms with Crippen molar-refractivity contribution in [2.75, 3.05) is 0 Å². The number of aliphatic hydroxyl groups excluding tert-OH is 1. The average Bonchev–Trinajstić information content (AvgIpc) is 2.38.